The van der Waals surface area contributed by atoms with Crippen LogP contribution in [0.3, 0.4) is 0 Å². The first-order valence-corrected chi connectivity index (χ1v) is 7.10. The molecule has 1 aromatic rings. The van der Waals surface area contributed by atoms with Crippen molar-refractivity contribution >= 4 is 0 Å². The first-order chi connectivity index (χ1) is 9.15. The number of aromatic nitrogens is 1. The Morgan fingerprint density at radius 2 is 2.11 bits per heavy atom. The monoisotopic (exact) mass is 265 g/mol. The van der Waals surface area contributed by atoms with Crippen LogP contribution in [-0.2, 0) is 0 Å². The van der Waals surface area contributed by atoms with Crippen LogP contribution in [0.25, 0.3) is 0 Å². The van der Waals surface area contributed by atoms with E-state index >= 15 is 0 Å². The maximum atomic E-state index is 5.97. The second-order valence-electron chi connectivity index (χ2n) is 4.99. The molecular formula is C15H27N3O. The zero-order valence-electron chi connectivity index (χ0n) is 12.6. The van der Waals surface area contributed by atoms with Crippen LogP contribution in [0.2, 0.25) is 0 Å². The number of hydrogen-bond acceptors (Lipinski definition) is 4. The maximum Gasteiger partial charge on any atom is 0.212 e. The fraction of sp³-hybridized carbons (Fsp3) is 0.667. The van der Waals surface area contributed by atoms with Gasteiger partial charge in [0, 0.05) is 31.4 Å². The highest BCUT2D eigenvalue weighted by Gasteiger charge is 2.19. The van der Waals surface area contributed by atoms with E-state index in [-0.39, 0.29) is 6.04 Å². The van der Waals surface area contributed by atoms with E-state index in [0.29, 0.717) is 18.3 Å². The summed E-state index contributed by atoms with van der Waals surface area (Å²) in [6.07, 6.45) is 3.06. The molecule has 0 saturated carbocycles. The SMILES string of the molecule is CCC(C)CN(CC)C(CN)c1ccc(OC)nc1. The van der Waals surface area contributed by atoms with Gasteiger partial charge in [0.1, 0.15) is 0 Å². The molecule has 2 unspecified atom stereocenters. The molecule has 1 heterocycles. The number of methoxy groups -OCH3 is 1. The highest BCUT2D eigenvalue weighted by Crippen LogP contribution is 2.22. The van der Waals surface area contributed by atoms with Crippen molar-refractivity contribution in [2.75, 3.05) is 26.7 Å². The fourth-order valence-electron chi connectivity index (χ4n) is 2.21. The Morgan fingerprint density at radius 3 is 2.53 bits per heavy atom. The van der Waals surface area contributed by atoms with Crippen molar-refractivity contribution in [1.29, 1.82) is 0 Å². The molecule has 19 heavy (non-hydrogen) atoms. The average Bonchev–Trinajstić information content (AvgIpc) is 2.47. The van der Waals surface area contributed by atoms with E-state index in [1.54, 1.807) is 7.11 Å². The van der Waals surface area contributed by atoms with Crippen LogP contribution < -0.4 is 10.5 Å². The Bertz CT molecular complexity index is 353. The molecule has 4 nitrogen and oxygen atoms in total. The lowest BCUT2D eigenvalue weighted by Gasteiger charge is -2.32. The molecule has 0 fully saturated rings. The minimum absolute atomic E-state index is 0.234. The van der Waals surface area contributed by atoms with Gasteiger partial charge in [-0.2, -0.15) is 0 Å². The quantitative estimate of drug-likeness (QED) is 0.784. The summed E-state index contributed by atoms with van der Waals surface area (Å²) in [5.74, 6) is 1.32. The molecule has 0 amide bonds. The summed E-state index contributed by atoms with van der Waals surface area (Å²) in [5, 5.41) is 0. The molecule has 0 aliphatic rings. The van der Waals surface area contributed by atoms with Crippen LogP contribution >= 0.6 is 0 Å². The second-order valence-corrected chi connectivity index (χ2v) is 4.99. The lowest BCUT2D eigenvalue weighted by Crippen LogP contribution is -2.36. The molecule has 0 aliphatic heterocycles. The molecule has 0 radical (unpaired) electrons. The Balaban J connectivity index is 2.83. The van der Waals surface area contributed by atoms with E-state index in [1.165, 1.54) is 6.42 Å². The van der Waals surface area contributed by atoms with Crippen LogP contribution in [0.15, 0.2) is 18.3 Å². The normalized spacial score (nSPS) is 14.4. The summed E-state index contributed by atoms with van der Waals surface area (Å²) < 4.78 is 5.10. The lowest BCUT2D eigenvalue weighted by atomic mass is 10.0. The standard InChI is InChI=1S/C15H27N3O/c1-5-12(3)11-18(6-2)14(9-16)13-7-8-15(19-4)17-10-13/h7-8,10,12,14H,5-6,9,11,16H2,1-4H3. The molecular weight excluding hydrogens is 238 g/mol. The topological polar surface area (TPSA) is 51.4 Å². The minimum Gasteiger partial charge on any atom is -0.481 e. The van der Waals surface area contributed by atoms with Crippen LogP contribution in [0.5, 0.6) is 5.88 Å². The third-order valence-corrected chi connectivity index (χ3v) is 3.67. The minimum atomic E-state index is 0.234. The number of nitrogens with zero attached hydrogens (tertiary/aromatic N) is 2. The van der Waals surface area contributed by atoms with Crippen molar-refractivity contribution in [3.8, 4) is 5.88 Å². The van der Waals surface area contributed by atoms with Crippen molar-refractivity contribution in [3.05, 3.63) is 23.9 Å². The molecule has 0 spiro atoms. The largest absolute Gasteiger partial charge is 0.481 e. The molecule has 0 bridgehead atoms. The number of rotatable bonds is 8. The van der Waals surface area contributed by atoms with Crippen LogP contribution in [0.4, 0.5) is 0 Å². The van der Waals surface area contributed by atoms with Crippen LogP contribution in [0.1, 0.15) is 38.8 Å². The Hall–Kier alpha value is -1.13. The smallest absolute Gasteiger partial charge is 0.212 e. The number of likely N-dealkylation sites (N-methyl/N-ethyl adjacent to an activating group) is 1. The second kappa shape index (κ2) is 8.12. The predicted octanol–water partition coefficient (Wildman–Crippen LogP) is 2.46. The molecule has 0 saturated heterocycles. The fourth-order valence-corrected chi connectivity index (χ4v) is 2.21. The number of pyridine rings is 1. The summed E-state index contributed by atoms with van der Waals surface area (Å²) in [4.78, 5) is 6.71. The van der Waals surface area contributed by atoms with Gasteiger partial charge in [-0.25, -0.2) is 4.98 Å². The van der Waals surface area contributed by atoms with Crippen molar-refractivity contribution in [2.45, 2.75) is 33.2 Å². The molecule has 4 heteroatoms. The molecule has 2 atom stereocenters. The lowest BCUT2D eigenvalue weighted by molar-refractivity contribution is 0.182. The van der Waals surface area contributed by atoms with E-state index in [4.69, 9.17) is 10.5 Å². The molecule has 2 N–H and O–H groups in total. The molecule has 1 rings (SSSR count). The zero-order chi connectivity index (χ0) is 14.3. The Kier molecular flexibility index (Phi) is 6.81. The third-order valence-electron chi connectivity index (χ3n) is 3.67. The Labute approximate surface area is 117 Å². The van der Waals surface area contributed by atoms with Crippen molar-refractivity contribution in [2.24, 2.45) is 11.7 Å². The first kappa shape index (κ1) is 15.9. The highest BCUT2D eigenvalue weighted by molar-refractivity contribution is 5.21. The Morgan fingerprint density at radius 1 is 1.37 bits per heavy atom. The van der Waals surface area contributed by atoms with Crippen LogP contribution in [-0.4, -0.2) is 36.6 Å². The molecule has 108 valence electrons. The summed E-state index contributed by atoms with van der Waals surface area (Å²) in [7, 11) is 1.63. The van der Waals surface area contributed by atoms with E-state index < -0.39 is 0 Å². The number of hydrogen-bond donors (Lipinski definition) is 1. The zero-order valence-corrected chi connectivity index (χ0v) is 12.6. The van der Waals surface area contributed by atoms with Gasteiger partial charge < -0.3 is 10.5 Å². The van der Waals surface area contributed by atoms with Crippen molar-refractivity contribution < 1.29 is 4.74 Å². The molecule has 1 aromatic heterocycles. The van der Waals surface area contributed by atoms with Gasteiger partial charge >= 0.3 is 0 Å². The van der Waals surface area contributed by atoms with Crippen LogP contribution in [0, 0.1) is 5.92 Å². The maximum absolute atomic E-state index is 5.97. The summed E-state index contributed by atoms with van der Waals surface area (Å²) in [6, 6.07) is 4.19. The van der Waals surface area contributed by atoms with E-state index in [1.807, 2.05) is 12.3 Å². The van der Waals surface area contributed by atoms with E-state index in [0.717, 1.165) is 18.7 Å². The van der Waals surface area contributed by atoms with E-state index in [9.17, 15) is 0 Å². The predicted molar refractivity (Wildman–Crippen MR) is 79.3 cm³/mol. The van der Waals surface area contributed by atoms with Gasteiger partial charge in [-0.1, -0.05) is 33.3 Å². The summed E-state index contributed by atoms with van der Waals surface area (Å²) in [5.41, 5.74) is 7.13. The van der Waals surface area contributed by atoms with Gasteiger partial charge in [0.05, 0.1) is 7.11 Å². The van der Waals surface area contributed by atoms with Gasteiger partial charge in [0.15, 0.2) is 0 Å². The van der Waals surface area contributed by atoms with Gasteiger partial charge in [-0.05, 0) is 18.0 Å². The van der Waals surface area contributed by atoms with Gasteiger partial charge in [-0.15, -0.1) is 0 Å². The molecule has 0 aromatic carbocycles. The highest BCUT2D eigenvalue weighted by atomic mass is 16.5. The van der Waals surface area contributed by atoms with Crippen molar-refractivity contribution in [3.63, 3.8) is 0 Å². The van der Waals surface area contributed by atoms with Gasteiger partial charge in [0.2, 0.25) is 5.88 Å². The number of ether oxygens (including phenoxy) is 1. The van der Waals surface area contributed by atoms with Gasteiger partial charge in [-0.3, -0.25) is 4.90 Å². The summed E-state index contributed by atoms with van der Waals surface area (Å²) in [6.45, 7) is 9.37. The van der Waals surface area contributed by atoms with Gasteiger partial charge in [0.25, 0.3) is 0 Å². The number of nitrogens with two attached hydrogens (primary N) is 1. The third kappa shape index (κ3) is 4.48. The van der Waals surface area contributed by atoms with Crippen molar-refractivity contribution in [1.82, 2.24) is 9.88 Å². The summed E-state index contributed by atoms with van der Waals surface area (Å²) >= 11 is 0. The average molecular weight is 265 g/mol. The first-order valence-electron chi connectivity index (χ1n) is 7.10. The van der Waals surface area contributed by atoms with E-state index in [2.05, 4.69) is 36.7 Å². The molecule has 0 aliphatic carbocycles.